The Bertz CT molecular complexity index is 571. The SMILES string of the molecule is Cc1cc(N2C(=O)CCSC2=S)c([N+](=O)[O-])cc1C. The van der Waals surface area contributed by atoms with Crippen molar-refractivity contribution < 1.29 is 9.72 Å². The number of amides is 1. The van der Waals surface area contributed by atoms with E-state index >= 15 is 0 Å². The number of benzene rings is 1. The van der Waals surface area contributed by atoms with Crippen LogP contribution < -0.4 is 4.90 Å². The van der Waals surface area contributed by atoms with Crippen LogP contribution in [0.2, 0.25) is 0 Å². The largest absolute Gasteiger partial charge is 0.293 e. The number of thioether (sulfide) groups is 1. The first-order chi connectivity index (χ1) is 8.91. The van der Waals surface area contributed by atoms with E-state index in [2.05, 4.69) is 0 Å². The Morgan fingerprint density at radius 1 is 1.37 bits per heavy atom. The second-order valence-corrected chi connectivity index (χ2v) is 6.00. The van der Waals surface area contributed by atoms with E-state index in [4.69, 9.17) is 12.2 Å². The number of nitrogens with zero attached hydrogens (tertiary/aromatic N) is 2. The molecule has 0 bridgehead atoms. The lowest BCUT2D eigenvalue weighted by Crippen LogP contribution is -2.38. The second kappa shape index (κ2) is 5.26. The van der Waals surface area contributed by atoms with Crippen molar-refractivity contribution in [2.24, 2.45) is 0 Å². The highest BCUT2D eigenvalue weighted by molar-refractivity contribution is 8.23. The van der Waals surface area contributed by atoms with Crippen molar-refractivity contribution in [3.05, 3.63) is 33.4 Å². The van der Waals surface area contributed by atoms with Gasteiger partial charge in [0.05, 0.1) is 4.92 Å². The van der Waals surface area contributed by atoms with Crippen molar-refractivity contribution in [3.8, 4) is 0 Å². The van der Waals surface area contributed by atoms with Crippen molar-refractivity contribution in [2.45, 2.75) is 20.3 Å². The molecule has 1 saturated heterocycles. The van der Waals surface area contributed by atoms with Crippen molar-refractivity contribution in [1.82, 2.24) is 0 Å². The maximum atomic E-state index is 12.0. The van der Waals surface area contributed by atoms with Crippen LogP contribution in [0, 0.1) is 24.0 Å². The highest BCUT2D eigenvalue weighted by Crippen LogP contribution is 2.35. The molecule has 0 radical (unpaired) electrons. The van der Waals surface area contributed by atoms with E-state index in [9.17, 15) is 14.9 Å². The Morgan fingerprint density at radius 2 is 2.00 bits per heavy atom. The number of rotatable bonds is 2. The summed E-state index contributed by atoms with van der Waals surface area (Å²) in [5, 5.41) is 11.2. The number of nitro benzene ring substituents is 1. The van der Waals surface area contributed by atoms with Gasteiger partial charge in [-0.25, -0.2) is 0 Å². The first kappa shape index (κ1) is 14.0. The number of aryl methyl sites for hydroxylation is 2. The lowest BCUT2D eigenvalue weighted by atomic mass is 10.1. The zero-order valence-corrected chi connectivity index (χ0v) is 12.1. The van der Waals surface area contributed by atoms with Crippen LogP contribution in [0.4, 0.5) is 11.4 Å². The standard InChI is InChI=1S/C12H12N2O3S2/c1-7-5-9(10(14(16)17)6-8(7)2)13-11(15)3-4-19-12(13)18/h5-6H,3-4H2,1-2H3. The summed E-state index contributed by atoms with van der Waals surface area (Å²) in [4.78, 5) is 23.9. The van der Waals surface area contributed by atoms with E-state index < -0.39 is 4.92 Å². The fraction of sp³-hybridized carbons (Fsp3) is 0.333. The van der Waals surface area contributed by atoms with E-state index in [0.29, 0.717) is 16.5 Å². The molecule has 100 valence electrons. The number of thiocarbonyl (C=S) groups is 1. The molecule has 1 aromatic carbocycles. The summed E-state index contributed by atoms with van der Waals surface area (Å²) in [5.41, 5.74) is 1.90. The van der Waals surface area contributed by atoms with Gasteiger partial charge in [0, 0.05) is 18.2 Å². The minimum atomic E-state index is -0.475. The molecule has 1 heterocycles. The zero-order chi connectivity index (χ0) is 14.2. The fourth-order valence-corrected chi connectivity index (χ4v) is 3.08. The molecule has 0 unspecified atom stereocenters. The molecule has 0 spiro atoms. The molecule has 0 N–H and O–H groups in total. The lowest BCUT2D eigenvalue weighted by molar-refractivity contribution is -0.384. The molecule has 2 rings (SSSR count). The average Bonchev–Trinajstić information content (AvgIpc) is 2.32. The number of hydrogen-bond acceptors (Lipinski definition) is 5. The number of nitro groups is 1. The van der Waals surface area contributed by atoms with Gasteiger partial charge in [0.25, 0.3) is 5.69 Å². The smallest absolute Gasteiger partial charge is 0.274 e. The molecule has 19 heavy (non-hydrogen) atoms. The summed E-state index contributed by atoms with van der Waals surface area (Å²) in [5.74, 6) is 0.447. The van der Waals surface area contributed by atoms with Gasteiger partial charge >= 0.3 is 0 Å². The molecule has 1 fully saturated rings. The molecular formula is C12H12N2O3S2. The maximum Gasteiger partial charge on any atom is 0.293 e. The van der Waals surface area contributed by atoms with Crippen LogP contribution in [0.25, 0.3) is 0 Å². The van der Waals surface area contributed by atoms with Gasteiger partial charge in [-0.1, -0.05) is 24.0 Å². The van der Waals surface area contributed by atoms with Crippen molar-refractivity contribution in [1.29, 1.82) is 0 Å². The van der Waals surface area contributed by atoms with Crippen LogP contribution in [-0.2, 0) is 4.79 Å². The van der Waals surface area contributed by atoms with E-state index in [1.54, 1.807) is 13.0 Å². The Morgan fingerprint density at radius 3 is 2.58 bits per heavy atom. The first-order valence-corrected chi connectivity index (χ1v) is 7.06. The molecule has 0 aliphatic carbocycles. The normalized spacial score (nSPS) is 15.8. The van der Waals surface area contributed by atoms with Crippen LogP contribution >= 0.6 is 24.0 Å². The van der Waals surface area contributed by atoms with Crippen molar-refractivity contribution in [3.63, 3.8) is 0 Å². The molecule has 1 aliphatic rings. The van der Waals surface area contributed by atoms with Gasteiger partial charge in [0.15, 0.2) is 0 Å². The summed E-state index contributed by atoms with van der Waals surface area (Å²) in [6, 6.07) is 3.14. The third-order valence-electron chi connectivity index (χ3n) is 3.00. The second-order valence-electron chi connectivity index (χ2n) is 4.28. The summed E-state index contributed by atoms with van der Waals surface area (Å²) in [6.45, 7) is 3.66. The Hall–Kier alpha value is -1.47. The minimum Gasteiger partial charge on any atom is -0.274 e. The third-order valence-corrected chi connectivity index (χ3v) is 4.38. The lowest BCUT2D eigenvalue weighted by Gasteiger charge is -2.26. The van der Waals surface area contributed by atoms with E-state index in [-0.39, 0.29) is 17.3 Å². The Balaban J connectivity index is 2.59. The summed E-state index contributed by atoms with van der Waals surface area (Å²) in [7, 11) is 0. The van der Waals surface area contributed by atoms with Crippen molar-refractivity contribution >= 4 is 45.6 Å². The van der Waals surface area contributed by atoms with Gasteiger partial charge in [-0.05, 0) is 31.0 Å². The molecule has 0 saturated carbocycles. The highest BCUT2D eigenvalue weighted by Gasteiger charge is 2.31. The van der Waals surface area contributed by atoms with Crippen LogP contribution in [0.5, 0.6) is 0 Å². The number of hydrogen-bond donors (Lipinski definition) is 0. The van der Waals surface area contributed by atoms with E-state index in [0.717, 1.165) is 11.1 Å². The monoisotopic (exact) mass is 296 g/mol. The number of carbonyl (C=O) groups excluding carboxylic acids is 1. The molecular weight excluding hydrogens is 284 g/mol. The van der Waals surface area contributed by atoms with Gasteiger partial charge in [0.1, 0.15) is 10.0 Å². The van der Waals surface area contributed by atoms with Gasteiger partial charge in [-0.2, -0.15) is 0 Å². The number of anilines is 1. The summed E-state index contributed by atoms with van der Waals surface area (Å²) >= 11 is 6.52. The molecule has 1 aromatic rings. The predicted octanol–water partition coefficient (Wildman–Crippen LogP) is 2.97. The zero-order valence-electron chi connectivity index (χ0n) is 10.5. The van der Waals surface area contributed by atoms with Gasteiger partial charge < -0.3 is 0 Å². The maximum absolute atomic E-state index is 12.0. The van der Waals surface area contributed by atoms with Crippen LogP contribution in [0.1, 0.15) is 17.5 Å². The minimum absolute atomic E-state index is 0.0821. The number of carbonyl (C=O) groups is 1. The summed E-state index contributed by atoms with van der Waals surface area (Å²) in [6.07, 6.45) is 0.342. The van der Waals surface area contributed by atoms with E-state index in [1.165, 1.54) is 22.7 Å². The van der Waals surface area contributed by atoms with Gasteiger partial charge in [-0.3, -0.25) is 19.8 Å². The predicted molar refractivity (Wildman–Crippen MR) is 79.7 cm³/mol. The first-order valence-electron chi connectivity index (χ1n) is 5.67. The third kappa shape index (κ3) is 2.62. The van der Waals surface area contributed by atoms with Crippen molar-refractivity contribution in [2.75, 3.05) is 10.7 Å². The molecule has 0 atom stereocenters. The molecule has 1 aliphatic heterocycles. The topological polar surface area (TPSA) is 63.5 Å². The molecule has 7 heteroatoms. The molecule has 1 amide bonds. The highest BCUT2D eigenvalue weighted by atomic mass is 32.2. The molecule has 5 nitrogen and oxygen atoms in total. The van der Waals surface area contributed by atoms with Crippen LogP contribution in [0.3, 0.4) is 0 Å². The van der Waals surface area contributed by atoms with Crippen LogP contribution in [-0.4, -0.2) is 20.9 Å². The Labute approximate surface area is 120 Å². The van der Waals surface area contributed by atoms with Gasteiger partial charge in [0.2, 0.25) is 5.91 Å². The van der Waals surface area contributed by atoms with Crippen LogP contribution in [0.15, 0.2) is 12.1 Å². The Kier molecular flexibility index (Phi) is 3.86. The average molecular weight is 296 g/mol. The quantitative estimate of drug-likeness (QED) is 0.477. The van der Waals surface area contributed by atoms with E-state index in [1.807, 2.05) is 6.92 Å². The fourth-order valence-electron chi connectivity index (χ4n) is 1.85. The molecule has 0 aromatic heterocycles. The summed E-state index contributed by atoms with van der Waals surface area (Å²) < 4.78 is 0.377. The van der Waals surface area contributed by atoms with Gasteiger partial charge in [-0.15, -0.1) is 0 Å².